The molecule has 118 valence electrons. The number of nitrogens with zero attached hydrogens (tertiary/aromatic N) is 1. The third-order valence-corrected chi connectivity index (χ3v) is 4.94. The van der Waals surface area contributed by atoms with Gasteiger partial charge in [0.05, 0.1) is 0 Å². The zero-order chi connectivity index (χ0) is 15.1. The van der Waals surface area contributed by atoms with Crippen LogP contribution < -0.4 is 5.32 Å². The van der Waals surface area contributed by atoms with E-state index in [1.54, 1.807) is 0 Å². The van der Waals surface area contributed by atoms with E-state index in [1.807, 2.05) is 0 Å². The van der Waals surface area contributed by atoms with Gasteiger partial charge in [0.1, 0.15) is 0 Å². The molecule has 0 amide bonds. The van der Waals surface area contributed by atoms with Crippen molar-refractivity contribution in [3.05, 3.63) is 35.9 Å². The van der Waals surface area contributed by atoms with Gasteiger partial charge in [-0.2, -0.15) is 0 Å². The maximum absolute atomic E-state index is 3.85. The van der Waals surface area contributed by atoms with Gasteiger partial charge in [-0.1, -0.05) is 44.2 Å². The van der Waals surface area contributed by atoms with Crippen molar-refractivity contribution in [3.8, 4) is 0 Å². The van der Waals surface area contributed by atoms with Gasteiger partial charge in [0.25, 0.3) is 0 Å². The quantitative estimate of drug-likeness (QED) is 0.815. The third-order valence-electron chi connectivity index (χ3n) is 4.94. The van der Waals surface area contributed by atoms with E-state index in [9.17, 15) is 0 Å². The lowest BCUT2D eigenvalue weighted by Gasteiger charge is -2.33. The molecule has 0 aliphatic heterocycles. The Balaban J connectivity index is 1.74. The maximum Gasteiger partial charge on any atom is 0.0169 e. The summed E-state index contributed by atoms with van der Waals surface area (Å²) in [5, 5.41) is 3.85. The fraction of sp³-hybridized carbons (Fsp3) is 0.684. The molecule has 0 saturated heterocycles. The molecule has 1 aromatic rings. The SMILES string of the molecule is CCN(CC)CC(C)NC1CCC(c2ccccc2)CC1. The van der Waals surface area contributed by atoms with Crippen LogP contribution in [0.4, 0.5) is 0 Å². The molecule has 0 heterocycles. The Bertz CT molecular complexity index is 378. The summed E-state index contributed by atoms with van der Waals surface area (Å²) >= 11 is 0. The second-order valence-electron chi connectivity index (χ2n) is 6.51. The minimum atomic E-state index is 0.600. The van der Waals surface area contributed by atoms with Gasteiger partial charge in [-0.05, 0) is 57.2 Å². The molecular weight excluding hydrogens is 256 g/mol. The topological polar surface area (TPSA) is 15.3 Å². The van der Waals surface area contributed by atoms with E-state index in [-0.39, 0.29) is 0 Å². The Labute approximate surface area is 130 Å². The van der Waals surface area contributed by atoms with E-state index in [1.165, 1.54) is 37.8 Å². The minimum Gasteiger partial charge on any atom is -0.310 e. The maximum atomic E-state index is 3.85. The van der Waals surface area contributed by atoms with Gasteiger partial charge in [0, 0.05) is 18.6 Å². The van der Waals surface area contributed by atoms with Crippen LogP contribution in [0.15, 0.2) is 30.3 Å². The van der Waals surface area contributed by atoms with E-state index in [0.717, 1.165) is 25.0 Å². The number of rotatable bonds is 7. The fourth-order valence-electron chi connectivity index (χ4n) is 3.64. The van der Waals surface area contributed by atoms with Gasteiger partial charge in [-0.3, -0.25) is 0 Å². The average Bonchev–Trinajstić information content (AvgIpc) is 2.54. The predicted octanol–water partition coefficient (Wildman–Crippen LogP) is 4.03. The first-order valence-corrected chi connectivity index (χ1v) is 8.76. The Morgan fingerprint density at radius 3 is 2.24 bits per heavy atom. The van der Waals surface area contributed by atoms with Gasteiger partial charge < -0.3 is 10.2 Å². The van der Waals surface area contributed by atoms with E-state index >= 15 is 0 Å². The summed E-state index contributed by atoms with van der Waals surface area (Å²) < 4.78 is 0. The number of hydrogen-bond donors (Lipinski definition) is 1. The van der Waals surface area contributed by atoms with Crippen molar-refractivity contribution < 1.29 is 0 Å². The van der Waals surface area contributed by atoms with Crippen LogP contribution in [0.3, 0.4) is 0 Å². The predicted molar refractivity (Wildman–Crippen MR) is 91.8 cm³/mol. The van der Waals surface area contributed by atoms with Crippen LogP contribution in [-0.2, 0) is 0 Å². The standard InChI is InChI=1S/C19H32N2/c1-4-21(5-2)15-16(3)20-19-13-11-18(12-14-19)17-9-7-6-8-10-17/h6-10,16,18-20H,4-5,11-15H2,1-3H3. The molecule has 21 heavy (non-hydrogen) atoms. The molecule has 1 saturated carbocycles. The van der Waals surface area contributed by atoms with Crippen LogP contribution in [0.5, 0.6) is 0 Å². The van der Waals surface area contributed by atoms with Gasteiger partial charge >= 0.3 is 0 Å². The summed E-state index contributed by atoms with van der Waals surface area (Å²) in [6.45, 7) is 10.3. The van der Waals surface area contributed by atoms with Crippen LogP contribution in [0.1, 0.15) is 57.9 Å². The smallest absolute Gasteiger partial charge is 0.0169 e. The average molecular weight is 288 g/mol. The zero-order valence-corrected chi connectivity index (χ0v) is 14.0. The summed E-state index contributed by atoms with van der Waals surface area (Å²) in [6.07, 6.45) is 5.31. The zero-order valence-electron chi connectivity index (χ0n) is 14.0. The molecule has 0 bridgehead atoms. The largest absolute Gasteiger partial charge is 0.310 e. The Kier molecular flexibility index (Phi) is 6.72. The highest BCUT2D eigenvalue weighted by atomic mass is 15.1. The summed E-state index contributed by atoms with van der Waals surface area (Å²) in [7, 11) is 0. The summed E-state index contributed by atoms with van der Waals surface area (Å²) in [5.41, 5.74) is 1.53. The van der Waals surface area contributed by atoms with Crippen molar-refractivity contribution >= 4 is 0 Å². The first kappa shape index (κ1) is 16.5. The molecule has 1 aromatic carbocycles. The molecular formula is C19H32N2. The van der Waals surface area contributed by atoms with Crippen LogP contribution in [0.25, 0.3) is 0 Å². The third kappa shape index (κ3) is 5.12. The lowest BCUT2D eigenvalue weighted by atomic mass is 9.81. The van der Waals surface area contributed by atoms with Crippen molar-refractivity contribution in [1.29, 1.82) is 0 Å². The molecule has 1 fully saturated rings. The van der Waals surface area contributed by atoms with Gasteiger partial charge in [0.15, 0.2) is 0 Å². The summed E-state index contributed by atoms with van der Waals surface area (Å²) in [4.78, 5) is 2.51. The molecule has 0 radical (unpaired) electrons. The monoisotopic (exact) mass is 288 g/mol. The number of benzene rings is 1. The van der Waals surface area contributed by atoms with Crippen molar-refractivity contribution in [2.75, 3.05) is 19.6 Å². The van der Waals surface area contributed by atoms with Crippen LogP contribution in [0.2, 0.25) is 0 Å². The summed E-state index contributed by atoms with van der Waals surface area (Å²) in [6, 6.07) is 12.4. The molecule has 1 aliphatic carbocycles. The second kappa shape index (κ2) is 8.55. The molecule has 2 rings (SSSR count). The van der Waals surface area contributed by atoms with Crippen LogP contribution in [-0.4, -0.2) is 36.6 Å². The van der Waals surface area contributed by atoms with E-state index < -0.39 is 0 Å². The lowest BCUT2D eigenvalue weighted by Crippen LogP contribution is -2.45. The molecule has 1 atom stereocenters. The van der Waals surface area contributed by atoms with Gasteiger partial charge in [-0.25, -0.2) is 0 Å². The van der Waals surface area contributed by atoms with Crippen LogP contribution >= 0.6 is 0 Å². The molecule has 1 aliphatic rings. The molecule has 0 spiro atoms. The van der Waals surface area contributed by atoms with Crippen molar-refractivity contribution in [1.82, 2.24) is 10.2 Å². The molecule has 0 aromatic heterocycles. The van der Waals surface area contributed by atoms with Gasteiger partial charge in [-0.15, -0.1) is 0 Å². The molecule has 2 nitrogen and oxygen atoms in total. The number of likely N-dealkylation sites (N-methyl/N-ethyl adjacent to an activating group) is 1. The van der Waals surface area contributed by atoms with Crippen LogP contribution in [0, 0.1) is 0 Å². The van der Waals surface area contributed by atoms with E-state index in [2.05, 4.69) is 61.3 Å². The van der Waals surface area contributed by atoms with Gasteiger partial charge in [0.2, 0.25) is 0 Å². The molecule has 1 N–H and O–H groups in total. The van der Waals surface area contributed by atoms with E-state index in [0.29, 0.717) is 6.04 Å². The van der Waals surface area contributed by atoms with E-state index in [4.69, 9.17) is 0 Å². The Morgan fingerprint density at radius 1 is 1.05 bits per heavy atom. The number of nitrogens with one attached hydrogen (secondary N) is 1. The molecule has 1 unspecified atom stereocenters. The first-order valence-electron chi connectivity index (χ1n) is 8.76. The van der Waals surface area contributed by atoms with Crippen molar-refractivity contribution in [3.63, 3.8) is 0 Å². The highest BCUT2D eigenvalue weighted by molar-refractivity contribution is 5.20. The first-order chi connectivity index (χ1) is 10.2. The highest BCUT2D eigenvalue weighted by Gasteiger charge is 2.23. The molecule has 2 heteroatoms. The Hall–Kier alpha value is -0.860. The Morgan fingerprint density at radius 2 is 1.67 bits per heavy atom. The normalized spacial score (nSPS) is 24.2. The van der Waals surface area contributed by atoms with Crippen molar-refractivity contribution in [2.24, 2.45) is 0 Å². The highest BCUT2D eigenvalue weighted by Crippen LogP contribution is 2.32. The lowest BCUT2D eigenvalue weighted by molar-refractivity contribution is 0.243. The second-order valence-corrected chi connectivity index (χ2v) is 6.51. The summed E-state index contributed by atoms with van der Waals surface area (Å²) in [5.74, 6) is 0.780. The fourth-order valence-corrected chi connectivity index (χ4v) is 3.64. The number of hydrogen-bond acceptors (Lipinski definition) is 2. The van der Waals surface area contributed by atoms with Crippen molar-refractivity contribution in [2.45, 2.75) is 64.5 Å². The minimum absolute atomic E-state index is 0.600.